The number of halogens is 1. The van der Waals surface area contributed by atoms with Crippen LogP contribution in [0.25, 0.3) is 21.9 Å². The number of carbonyl (C=O) groups is 1. The van der Waals surface area contributed by atoms with Crippen molar-refractivity contribution in [1.82, 2.24) is 19.0 Å². The predicted molar refractivity (Wildman–Crippen MR) is 134 cm³/mol. The lowest BCUT2D eigenvalue weighted by Crippen LogP contribution is -2.43. The van der Waals surface area contributed by atoms with Crippen molar-refractivity contribution in [3.63, 3.8) is 0 Å². The minimum absolute atomic E-state index is 0.0304. The Morgan fingerprint density at radius 2 is 2.15 bits per heavy atom. The van der Waals surface area contributed by atoms with Crippen molar-refractivity contribution in [1.29, 1.82) is 5.26 Å². The summed E-state index contributed by atoms with van der Waals surface area (Å²) in [5.41, 5.74) is 2.16. The van der Waals surface area contributed by atoms with Gasteiger partial charge in [-0.1, -0.05) is 26.6 Å². The standard InChI is InChI=1S/C23H30BrN5O3Si/c1-15-5-6-27(23(30)31)13-19(15)29-12-18(24)17-10-26-22-20(21(17)29)16(9-25)11-28(22)14-32-7-8-33(2,3)4/h10-12,15,19H,5-8,13-14H2,1-4H3,(H,30,31)/t15-,19+/m1/s1. The Kier molecular flexibility index (Phi) is 6.58. The number of fused-ring (bicyclic) bond motifs is 3. The van der Waals surface area contributed by atoms with Crippen LogP contribution in [0.1, 0.15) is 24.9 Å². The summed E-state index contributed by atoms with van der Waals surface area (Å²) in [6, 6.07) is 3.38. The van der Waals surface area contributed by atoms with Crippen LogP contribution in [0, 0.1) is 17.2 Å². The highest BCUT2D eigenvalue weighted by Crippen LogP contribution is 2.39. The van der Waals surface area contributed by atoms with E-state index in [9.17, 15) is 15.2 Å². The van der Waals surface area contributed by atoms with Crippen LogP contribution >= 0.6 is 15.9 Å². The Labute approximate surface area is 202 Å². The first-order valence-electron chi connectivity index (χ1n) is 11.2. The molecule has 0 spiro atoms. The largest absolute Gasteiger partial charge is 0.465 e. The number of ether oxygens (including phenoxy) is 1. The fourth-order valence-corrected chi connectivity index (χ4v) is 5.78. The van der Waals surface area contributed by atoms with E-state index in [-0.39, 0.29) is 6.04 Å². The normalized spacial score (nSPS) is 19.3. The zero-order valence-electron chi connectivity index (χ0n) is 19.5. The van der Waals surface area contributed by atoms with Gasteiger partial charge in [0.25, 0.3) is 0 Å². The van der Waals surface area contributed by atoms with Crippen molar-refractivity contribution >= 4 is 52.0 Å². The average Bonchev–Trinajstić information content (AvgIpc) is 3.28. The van der Waals surface area contributed by atoms with Gasteiger partial charge in [0.05, 0.1) is 22.5 Å². The monoisotopic (exact) mass is 531 g/mol. The van der Waals surface area contributed by atoms with E-state index in [2.05, 4.69) is 58.1 Å². The summed E-state index contributed by atoms with van der Waals surface area (Å²) >= 11 is 3.66. The second-order valence-electron chi connectivity index (χ2n) is 10.1. The predicted octanol–water partition coefficient (Wildman–Crippen LogP) is 5.50. The van der Waals surface area contributed by atoms with Gasteiger partial charge in [0.2, 0.25) is 0 Å². The van der Waals surface area contributed by atoms with Gasteiger partial charge in [-0.05, 0) is 34.3 Å². The molecule has 3 aromatic heterocycles. The van der Waals surface area contributed by atoms with Crippen LogP contribution in [0.15, 0.2) is 23.1 Å². The molecule has 33 heavy (non-hydrogen) atoms. The Hall–Kier alpha value is -2.35. The highest BCUT2D eigenvalue weighted by atomic mass is 79.9. The molecule has 1 amide bonds. The van der Waals surface area contributed by atoms with Gasteiger partial charge in [-0.3, -0.25) is 0 Å². The number of likely N-dealkylation sites (tertiary alicyclic amines) is 1. The Balaban J connectivity index is 1.78. The highest BCUT2D eigenvalue weighted by Gasteiger charge is 2.32. The van der Waals surface area contributed by atoms with E-state index in [0.717, 1.165) is 33.2 Å². The fourth-order valence-electron chi connectivity index (χ4n) is 4.51. The van der Waals surface area contributed by atoms with Gasteiger partial charge in [0, 0.05) is 56.2 Å². The van der Waals surface area contributed by atoms with Crippen LogP contribution in [0.2, 0.25) is 25.7 Å². The molecule has 1 fully saturated rings. The van der Waals surface area contributed by atoms with Gasteiger partial charge in [-0.2, -0.15) is 5.26 Å². The number of aromatic nitrogens is 3. The van der Waals surface area contributed by atoms with Gasteiger partial charge in [0.1, 0.15) is 18.4 Å². The van der Waals surface area contributed by atoms with E-state index >= 15 is 0 Å². The van der Waals surface area contributed by atoms with Crippen molar-refractivity contribution in [2.75, 3.05) is 19.7 Å². The zero-order chi connectivity index (χ0) is 23.9. The second kappa shape index (κ2) is 9.12. The summed E-state index contributed by atoms with van der Waals surface area (Å²) in [4.78, 5) is 17.8. The molecule has 1 saturated heterocycles. The second-order valence-corrected chi connectivity index (χ2v) is 16.6. The molecule has 1 N–H and O–H groups in total. The smallest absolute Gasteiger partial charge is 0.407 e. The third-order valence-electron chi connectivity index (χ3n) is 6.52. The molecule has 4 rings (SSSR count). The summed E-state index contributed by atoms with van der Waals surface area (Å²) in [6.07, 6.45) is 5.53. The molecule has 0 aliphatic carbocycles. The van der Waals surface area contributed by atoms with Crippen molar-refractivity contribution in [2.24, 2.45) is 5.92 Å². The van der Waals surface area contributed by atoms with Gasteiger partial charge in [-0.15, -0.1) is 0 Å². The maximum absolute atomic E-state index is 11.6. The number of hydrogen-bond acceptors (Lipinski definition) is 4. The minimum atomic E-state index is -1.19. The molecule has 0 radical (unpaired) electrons. The Morgan fingerprint density at radius 1 is 1.39 bits per heavy atom. The number of amides is 1. The molecular formula is C23H30BrN5O3Si. The van der Waals surface area contributed by atoms with Gasteiger partial charge in [0.15, 0.2) is 0 Å². The van der Waals surface area contributed by atoms with Crippen LogP contribution in [-0.2, 0) is 11.5 Å². The molecule has 1 aliphatic heterocycles. The molecule has 176 valence electrons. The van der Waals surface area contributed by atoms with E-state index < -0.39 is 14.2 Å². The molecule has 0 unspecified atom stereocenters. The SMILES string of the molecule is C[C@@H]1CCN(C(=O)O)C[C@@H]1n1cc(Br)c2cnc3c(c(C#N)cn3COCC[Si](C)(C)C)c21. The number of rotatable bonds is 6. The van der Waals surface area contributed by atoms with E-state index in [1.165, 1.54) is 4.90 Å². The van der Waals surface area contributed by atoms with Crippen molar-refractivity contribution in [2.45, 2.75) is 51.8 Å². The Morgan fingerprint density at radius 3 is 2.82 bits per heavy atom. The number of hydrogen-bond donors (Lipinski definition) is 1. The number of carboxylic acid groups (broad SMARTS) is 1. The summed E-state index contributed by atoms with van der Waals surface area (Å²) in [5, 5.41) is 21.2. The summed E-state index contributed by atoms with van der Waals surface area (Å²) in [6.45, 7) is 11.1. The number of nitrogens with zero attached hydrogens (tertiary/aromatic N) is 5. The first-order chi connectivity index (χ1) is 15.6. The first-order valence-corrected chi connectivity index (χ1v) is 15.7. The molecule has 8 nitrogen and oxygen atoms in total. The van der Waals surface area contributed by atoms with Gasteiger partial charge < -0.3 is 23.9 Å². The molecule has 2 atom stereocenters. The number of pyridine rings is 1. The van der Waals surface area contributed by atoms with E-state index in [4.69, 9.17) is 4.74 Å². The zero-order valence-corrected chi connectivity index (χ0v) is 22.1. The third-order valence-corrected chi connectivity index (χ3v) is 8.86. The van der Waals surface area contributed by atoms with Crippen LogP contribution in [0.3, 0.4) is 0 Å². The fraction of sp³-hybridized carbons (Fsp3) is 0.522. The first kappa shape index (κ1) is 23.8. The third kappa shape index (κ3) is 4.67. The summed E-state index contributed by atoms with van der Waals surface area (Å²) in [5.74, 6) is 0.295. The van der Waals surface area contributed by atoms with Crippen LogP contribution in [0.4, 0.5) is 4.79 Å². The topological polar surface area (TPSA) is 96.3 Å². The number of piperidine rings is 1. The van der Waals surface area contributed by atoms with E-state index in [1.807, 2.05) is 23.2 Å². The lowest BCUT2D eigenvalue weighted by atomic mass is 9.93. The Bertz CT molecular complexity index is 1240. The minimum Gasteiger partial charge on any atom is -0.465 e. The maximum atomic E-state index is 11.6. The van der Waals surface area contributed by atoms with Crippen LogP contribution in [-0.4, -0.2) is 58.0 Å². The lowest BCUT2D eigenvalue weighted by Gasteiger charge is -2.36. The molecule has 0 saturated carbocycles. The van der Waals surface area contributed by atoms with E-state index in [1.54, 1.807) is 0 Å². The van der Waals surface area contributed by atoms with Crippen LogP contribution < -0.4 is 0 Å². The lowest BCUT2D eigenvalue weighted by molar-refractivity contribution is 0.0898. The average molecular weight is 533 g/mol. The molecule has 3 aromatic rings. The van der Waals surface area contributed by atoms with Gasteiger partial charge in [-0.25, -0.2) is 9.78 Å². The van der Waals surface area contributed by atoms with Crippen molar-refractivity contribution in [3.8, 4) is 6.07 Å². The molecule has 0 aromatic carbocycles. The molecule has 4 heterocycles. The molecule has 10 heteroatoms. The van der Waals surface area contributed by atoms with Crippen molar-refractivity contribution < 1.29 is 14.6 Å². The summed E-state index contributed by atoms with van der Waals surface area (Å²) < 4.78 is 10.9. The molecular weight excluding hydrogens is 502 g/mol. The van der Waals surface area contributed by atoms with Gasteiger partial charge >= 0.3 is 6.09 Å². The quantitative estimate of drug-likeness (QED) is 0.334. The van der Waals surface area contributed by atoms with Crippen LogP contribution in [0.5, 0.6) is 0 Å². The maximum Gasteiger partial charge on any atom is 0.407 e. The highest BCUT2D eigenvalue weighted by molar-refractivity contribution is 9.10. The molecule has 0 bridgehead atoms. The molecule has 1 aliphatic rings. The summed E-state index contributed by atoms with van der Waals surface area (Å²) in [7, 11) is -1.19. The number of nitriles is 1. The van der Waals surface area contributed by atoms with E-state index in [0.29, 0.717) is 43.6 Å². The van der Waals surface area contributed by atoms with Crippen molar-refractivity contribution in [3.05, 3.63) is 28.6 Å².